The second-order valence-corrected chi connectivity index (χ2v) is 7.80. The van der Waals surface area contributed by atoms with Gasteiger partial charge in [0, 0.05) is 30.4 Å². The lowest BCUT2D eigenvalue weighted by Gasteiger charge is -2.14. The van der Waals surface area contributed by atoms with Gasteiger partial charge in [0.15, 0.2) is 4.96 Å². The molecule has 5 rings (SSSR count). The van der Waals surface area contributed by atoms with E-state index in [2.05, 4.69) is 10.6 Å². The predicted octanol–water partition coefficient (Wildman–Crippen LogP) is 4.46. The number of likely N-dealkylation sites (tertiary alicyclic amines) is 1. The number of carbonyl (C=O) groups excluding carboxylic acids is 1. The second kappa shape index (κ2) is 6.39. The molecule has 1 aliphatic rings. The molecule has 2 aromatic heterocycles. The molecule has 0 saturated carbocycles. The molecule has 0 unspecified atom stereocenters. The number of hydrogen-bond acceptors (Lipinski definition) is 4. The summed E-state index contributed by atoms with van der Waals surface area (Å²) in [5, 5.41) is 0. The van der Waals surface area contributed by atoms with E-state index in [4.69, 9.17) is 9.72 Å². The molecule has 1 aliphatic heterocycles. The average Bonchev–Trinajstić information content (AvgIpc) is 3.43. The summed E-state index contributed by atoms with van der Waals surface area (Å²) in [7, 11) is 1.66. The van der Waals surface area contributed by atoms with Crippen LogP contribution in [0.1, 0.15) is 23.2 Å². The van der Waals surface area contributed by atoms with Gasteiger partial charge >= 0.3 is 0 Å². The third-order valence-electron chi connectivity index (χ3n) is 5.12. The van der Waals surface area contributed by atoms with E-state index < -0.39 is 0 Å². The summed E-state index contributed by atoms with van der Waals surface area (Å²) >= 11 is 1.62. The summed E-state index contributed by atoms with van der Waals surface area (Å²) < 4.78 is 8.41. The number of rotatable bonds is 3. The Kier molecular flexibility index (Phi) is 3.86. The Labute approximate surface area is 160 Å². The topological polar surface area (TPSA) is 46.8 Å². The zero-order valence-electron chi connectivity index (χ0n) is 15.0. The molecule has 0 N–H and O–H groups in total. The lowest BCUT2D eigenvalue weighted by Crippen LogP contribution is -2.27. The molecule has 0 spiro atoms. The Morgan fingerprint density at radius 1 is 1.11 bits per heavy atom. The van der Waals surface area contributed by atoms with Gasteiger partial charge in [0.2, 0.25) is 0 Å². The van der Waals surface area contributed by atoms with Gasteiger partial charge in [-0.1, -0.05) is 11.3 Å². The van der Waals surface area contributed by atoms with Crippen molar-refractivity contribution in [2.45, 2.75) is 12.8 Å². The summed E-state index contributed by atoms with van der Waals surface area (Å²) in [5.41, 5.74) is 3.84. The number of thiazole rings is 1. The number of nitrogens with zero attached hydrogens (tertiary/aromatic N) is 3. The maximum absolute atomic E-state index is 12.6. The van der Waals surface area contributed by atoms with Crippen LogP contribution in [0.15, 0.2) is 48.7 Å². The molecule has 6 heteroatoms. The Bertz CT molecular complexity index is 1140. The Morgan fingerprint density at radius 2 is 1.89 bits per heavy atom. The van der Waals surface area contributed by atoms with Crippen LogP contribution in [-0.4, -0.2) is 40.4 Å². The van der Waals surface area contributed by atoms with E-state index >= 15 is 0 Å². The maximum atomic E-state index is 12.6. The average molecular weight is 377 g/mol. The van der Waals surface area contributed by atoms with Gasteiger partial charge in [-0.05, 0) is 55.3 Å². The van der Waals surface area contributed by atoms with Gasteiger partial charge in [0.05, 0.1) is 23.0 Å². The first-order valence-electron chi connectivity index (χ1n) is 9.08. The highest BCUT2D eigenvalue weighted by Crippen LogP contribution is 2.31. The molecular weight excluding hydrogens is 358 g/mol. The number of methoxy groups -OCH3 is 1. The first-order valence-corrected chi connectivity index (χ1v) is 9.90. The molecule has 2 aromatic carbocycles. The van der Waals surface area contributed by atoms with Gasteiger partial charge in [-0.15, -0.1) is 0 Å². The minimum atomic E-state index is 0.138. The summed E-state index contributed by atoms with van der Waals surface area (Å²) in [6, 6.07) is 13.9. The van der Waals surface area contributed by atoms with Crippen molar-refractivity contribution in [2.24, 2.45) is 0 Å². The van der Waals surface area contributed by atoms with E-state index in [1.165, 1.54) is 0 Å². The highest BCUT2D eigenvalue weighted by atomic mass is 32.1. The monoisotopic (exact) mass is 377 g/mol. The van der Waals surface area contributed by atoms with Crippen molar-refractivity contribution in [3.63, 3.8) is 0 Å². The first kappa shape index (κ1) is 16.3. The van der Waals surface area contributed by atoms with E-state index in [0.29, 0.717) is 0 Å². The number of benzene rings is 2. The van der Waals surface area contributed by atoms with E-state index in [1.54, 1.807) is 18.4 Å². The van der Waals surface area contributed by atoms with Crippen molar-refractivity contribution in [3.05, 3.63) is 54.2 Å². The fourth-order valence-corrected chi connectivity index (χ4v) is 4.68. The minimum absolute atomic E-state index is 0.138. The first-order chi connectivity index (χ1) is 13.2. The lowest BCUT2D eigenvalue weighted by molar-refractivity contribution is 0.0793. The Morgan fingerprint density at radius 3 is 2.63 bits per heavy atom. The molecular formula is C21H19N3O2S. The highest BCUT2D eigenvalue weighted by molar-refractivity contribution is 7.23. The molecule has 0 bridgehead atoms. The largest absolute Gasteiger partial charge is 0.497 e. The quantitative estimate of drug-likeness (QED) is 0.530. The molecule has 0 aliphatic carbocycles. The van der Waals surface area contributed by atoms with E-state index in [1.807, 2.05) is 47.4 Å². The summed E-state index contributed by atoms with van der Waals surface area (Å²) in [6.45, 7) is 1.74. The van der Waals surface area contributed by atoms with E-state index in [9.17, 15) is 4.79 Å². The third-order valence-corrected chi connectivity index (χ3v) is 6.14. The van der Waals surface area contributed by atoms with Gasteiger partial charge in [-0.2, -0.15) is 0 Å². The van der Waals surface area contributed by atoms with E-state index in [0.717, 1.165) is 63.7 Å². The lowest BCUT2D eigenvalue weighted by atomic mass is 10.1. The summed E-state index contributed by atoms with van der Waals surface area (Å²) in [6.07, 6.45) is 4.27. The number of hydrogen-bond donors (Lipinski definition) is 0. The molecule has 1 amide bonds. The molecule has 0 atom stereocenters. The van der Waals surface area contributed by atoms with Crippen LogP contribution in [0, 0.1) is 0 Å². The van der Waals surface area contributed by atoms with E-state index in [-0.39, 0.29) is 5.91 Å². The SMILES string of the molecule is COc1ccc(-c2cn3c(n2)sc2cc(C(=O)N4CCCC4)ccc23)cc1. The van der Waals surface area contributed by atoms with Crippen LogP contribution in [0.4, 0.5) is 0 Å². The van der Waals surface area contributed by atoms with Crippen molar-refractivity contribution in [1.82, 2.24) is 14.3 Å². The van der Waals surface area contributed by atoms with Gasteiger partial charge in [0.25, 0.3) is 5.91 Å². The number of aromatic nitrogens is 2. The summed E-state index contributed by atoms with van der Waals surface area (Å²) in [4.78, 5) is 20.3. The second-order valence-electron chi connectivity index (χ2n) is 6.79. The standard InChI is InChI=1S/C21H19N3O2S/c1-26-16-7-4-14(5-8-16)17-13-24-18-9-6-15(12-19(18)27-21(24)22-17)20(25)23-10-2-3-11-23/h4-9,12-13H,2-3,10-11H2,1H3. The molecule has 5 nitrogen and oxygen atoms in total. The van der Waals surface area contributed by atoms with Gasteiger partial charge < -0.3 is 9.64 Å². The molecule has 4 aromatic rings. The highest BCUT2D eigenvalue weighted by Gasteiger charge is 2.20. The van der Waals surface area contributed by atoms with Crippen LogP contribution < -0.4 is 4.74 Å². The summed E-state index contributed by atoms with van der Waals surface area (Å²) in [5.74, 6) is 0.972. The number of fused-ring (bicyclic) bond motifs is 3. The van der Waals surface area contributed by atoms with Gasteiger partial charge in [-0.3, -0.25) is 9.20 Å². The molecule has 3 heterocycles. The van der Waals surface area contributed by atoms with Gasteiger partial charge in [-0.25, -0.2) is 4.98 Å². The zero-order valence-corrected chi connectivity index (χ0v) is 15.8. The predicted molar refractivity (Wildman–Crippen MR) is 108 cm³/mol. The third kappa shape index (κ3) is 2.77. The van der Waals surface area contributed by atoms with Crippen molar-refractivity contribution < 1.29 is 9.53 Å². The maximum Gasteiger partial charge on any atom is 0.253 e. The molecule has 0 radical (unpaired) electrons. The van der Waals surface area contributed by atoms with Crippen LogP contribution in [0.2, 0.25) is 0 Å². The fraction of sp³-hybridized carbons (Fsp3) is 0.238. The van der Waals surface area contributed by atoms with Crippen LogP contribution in [-0.2, 0) is 0 Å². The zero-order chi connectivity index (χ0) is 18.4. The molecule has 1 fully saturated rings. The van der Waals surface area contributed by atoms with Crippen LogP contribution in [0.25, 0.3) is 26.4 Å². The minimum Gasteiger partial charge on any atom is -0.497 e. The number of ether oxygens (including phenoxy) is 1. The van der Waals surface area contributed by atoms with Crippen molar-refractivity contribution in [2.75, 3.05) is 20.2 Å². The Hall–Kier alpha value is -2.86. The fourth-order valence-electron chi connectivity index (χ4n) is 3.64. The van der Waals surface area contributed by atoms with Crippen LogP contribution in [0.5, 0.6) is 5.75 Å². The molecule has 136 valence electrons. The number of amides is 1. The molecule has 27 heavy (non-hydrogen) atoms. The van der Waals surface area contributed by atoms with Gasteiger partial charge in [0.1, 0.15) is 5.75 Å². The number of carbonyl (C=O) groups is 1. The number of imidazole rings is 1. The molecule has 1 saturated heterocycles. The van der Waals surface area contributed by atoms with Crippen LogP contribution in [0.3, 0.4) is 0 Å². The van der Waals surface area contributed by atoms with Crippen molar-refractivity contribution in [3.8, 4) is 17.0 Å². The van der Waals surface area contributed by atoms with Crippen LogP contribution >= 0.6 is 11.3 Å². The normalized spacial score (nSPS) is 14.3. The Balaban J connectivity index is 1.51. The van der Waals surface area contributed by atoms with Crippen molar-refractivity contribution in [1.29, 1.82) is 0 Å². The smallest absolute Gasteiger partial charge is 0.253 e. The van der Waals surface area contributed by atoms with Crippen molar-refractivity contribution >= 4 is 32.4 Å².